The smallest absolute Gasteiger partial charge is 0.0502 e. The van der Waals surface area contributed by atoms with E-state index < -0.39 is 0 Å². The van der Waals surface area contributed by atoms with Crippen LogP contribution in [0.15, 0.2) is 91.0 Å². The summed E-state index contributed by atoms with van der Waals surface area (Å²) in [5, 5.41) is 2.59. The molecule has 1 spiro atoms. The number of aromatic nitrogens is 1. The highest BCUT2D eigenvalue weighted by atomic mass is 15.2. The van der Waals surface area contributed by atoms with Gasteiger partial charge in [0.1, 0.15) is 0 Å². The molecule has 1 aromatic heterocycles. The van der Waals surface area contributed by atoms with Crippen molar-refractivity contribution in [2.45, 2.75) is 31.1 Å². The summed E-state index contributed by atoms with van der Waals surface area (Å²) in [5.74, 6) is 3.74. The molecule has 3 saturated carbocycles. The molecular weight excluding hydrogens is 424 g/mol. The Balaban J connectivity index is 1.30. The van der Waals surface area contributed by atoms with E-state index in [1.54, 1.807) is 11.1 Å². The van der Waals surface area contributed by atoms with Crippen molar-refractivity contribution in [1.82, 2.24) is 4.98 Å². The number of H-pyrrole nitrogens is 1. The third kappa shape index (κ3) is 2.26. The largest absolute Gasteiger partial charge is 0.355 e. The Kier molecular flexibility index (Phi) is 3.42. The molecule has 1 N–H and O–H groups in total. The maximum atomic E-state index is 3.60. The average Bonchev–Trinajstić information content (AvgIpc) is 3.24. The predicted octanol–water partition coefficient (Wildman–Crippen LogP) is 8.46. The van der Waals surface area contributed by atoms with E-state index in [2.05, 4.69) is 101 Å². The average molecular weight is 453 g/mol. The van der Waals surface area contributed by atoms with Crippen LogP contribution < -0.4 is 4.90 Å². The monoisotopic (exact) mass is 452 g/mol. The minimum absolute atomic E-state index is 0.173. The Labute approximate surface area is 205 Å². The molecule has 3 aliphatic carbocycles. The Bertz CT molecular complexity index is 1610. The first-order valence-corrected chi connectivity index (χ1v) is 13.3. The number of aromatic amines is 1. The molecule has 4 aromatic carbocycles. The van der Waals surface area contributed by atoms with Gasteiger partial charge in [0.05, 0.1) is 11.4 Å². The molecule has 170 valence electrons. The lowest BCUT2D eigenvalue weighted by atomic mass is 9.63. The summed E-state index contributed by atoms with van der Waals surface area (Å²) in [6.45, 7) is 0. The molecule has 2 heteroatoms. The van der Waals surface area contributed by atoms with Crippen molar-refractivity contribution in [2.24, 2.45) is 23.7 Å². The number of hydrogen-bond acceptors (Lipinski definition) is 1. The van der Waals surface area contributed by atoms with Crippen molar-refractivity contribution in [3.8, 4) is 0 Å². The Morgan fingerprint density at radius 1 is 0.686 bits per heavy atom. The minimum Gasteiger partial charge on any atom is -0.355 e. The van der Waals surface area contributed by atoms with Gasteiger partial charge in [-0.25, -0.2) is 0 Å². The fourth-order valence-electron chi connectivity index (χ4n) is 8.72. The summed E-state index contributed by atoms with van der Waals surface area (Å²) < 4.78 is 0. The number of benzene rings is 4. The highest BCUT2D eigenvalue weighted by Crippen LogP contribution is 2.72. The molecular formula is C33H28N2. The third-order valence-electron chi connectivity index (χ3n) is 10.1. The fourth-order valence-corrected chi connectivity index (χ4v) is 8.72. The molecule has 0 radical (unpaired) electrons. The first-order chi connectivity index (χ1) is 17.3. The van der Waals surface area contributed by atoms with Crippen molar-refractivity contribution in [1.29, 1.82) is 0 Å². The number of fused-ring (bicyclic) bond motifs is 11. The van der Waals surface area contributed by atoms with E-state index in [1.807, 2.05) is 0 Å². The van der Waals surface area contributed by atoms with Crippen molar-refractivity contribution in [3.05, 3.63) is 102 Å². The molecule has 2 nitrogen and oxygen atoms in total. The van der Waals surface area contributed by atoms with Crippen LogP contribution in [0.25, 0.3) is 21.8 Å². The van der Waals surface area contributed by atoms with Gasteiger partial charge in [-0.2, -0.15) is 0 Å². The topological polar surface area (TPSA) is 19.0 Å². The van der Waals surface area contributed by atoms with Crippen molar-refractivity contribution in [3.63, 3.8) is 0 Å². The molecule has 4 aliphatic rings. The van der Waals surface area contributed by atoms with Crippen LogP contribution in [-0.2, 0) is 5.41 Å². The van der Waals surface area contributed by atoms with Gasteiger partial charge in [-0.05, 0) is 96.9 Å². The van der Waals surface area contributed by atoms with Gasteiger partial charge in [-0.1, -0.05) is 54.6 Å². The normalized spacial score (nSPS) is 27.1. The molecule has 1 aliphatic heterocycles. The zero-order valence-electron chi connectivity index (χ0n) is 19.7. The van der Waals surface area contributed by atoms with Gasteiger partial charge >= 0.3 is 0 Å². The summed E-state index contributed by atoms with van der Waals surface area (Å²) in [6.07, 6.45) is 5.63. The van der Waals surface area contributed by atoms with Gasteiger partial charge < -0.3 is 9.88 Å². The summed E-state index contributed by atoms with van der Waals surface area (Å²) in [5.41, 5.74) is 9.72. The van der Waals surface area contributed by atoms with Crippen molar-refractivity contribution < 1.29 is 0 Å². The highest BCUT2D eigenvalue weighted by molar-refractivity contribution is 6.08. The lowest BCUT2D eigenvalue weighted by Crippen LogP contribution is -2.39. The number of anilines is 3. The number of nitrogens with zero attached hydrogens (tertiary/aromatic N) is 1. The number of para-hydroxylation sites is 3. The summed E-state index contributed by atoms with van der Waals surface area (Å²) >= 11 is 0. The second-order valence-electron chi connectivity index (χ2n) is 11.4. The maximum absolute atomic E-state index is 3.60. The highest BCUT2D eigenvalue weighted by Gasteiger charge is 2.64. The van der Waals surface area contributed by atoms with Crippen molar-refractivity contribution >= 4 is 38.9 Å². The lowest BCUT2D eigenvalue weighted by Gasteiger charge is -2.47. The van der Waals surface area contributed by atoms with E-state index in [1.165, 1.54) is 64.6 Å². The molecule has 0 bridgehead atoms. The number of hydrogen-bond donors (Lipinski definition) is 1. The zero-order chi connectivity index (χ0) is 22.7. The summed E-state index contributed by atoms with van der Waals surface area (Å²) in [6, 6.07) is 34.3. The van der Waals surface area contributed by atoms with Gasteiger partial charge in [-0.15, -0.1) is 0 Å². The Morgan fingerprint density at radius 3 is 2.23 bits per heavy atom. The van der Waals surface area contributed by atoms with E-state index in [0.717, 1.165) is 23.7 Å². The van der Waals surface area contributed by atoms with E-state index in [-0.39, 0.29) is 5.41 Å². The standard InChI is InChI=1S/C33H28N2/c1-4-10-29-23(7-1)25-19-21(13-14-30(25)34-29)35-31-11-5-2-8-26(31)33(27-9-3-6-12-32(27)35)16-15-22-24-17-20(24)18-28(22)33/h1-14,19-20,22,24,28,34H,15-18H2. The Hall–Kier alpha value is -3.52. The van der Waals surface area contributed by atoms with Crippen molar-refractivity contribution in [2.75, 3.05) is 4.90 Å². The molecule has 2 heterocycles. The maximum Gasteiger partial charge on any atom is 0.0502 e. The van der Waals surface area contributed by atoms with Crippen LogP contribution >= 0.6 is 0 Å². The molecule has 4 unspecified atom stereocenters. The zero-order valence-corrected chi connectivity index (χ0v) is 19.7. The van der Waals surface area contributed by atoms with E-state index >= 15 is 0 Å². The molecule has 35 heavy (non-hydrogen) atoms. The van der Waals surface area contributed by atoms with Crippen LogP contribution in [0.2, 0.25) is 0 Å². The fraction of sp³-hybridized carbons (Fsp3) is 0.273. The van der Waals surface area contributed by atoms with Gasteiger partial charge in [0.15, 0.2) is 0 Å². The van der Waals surface area contributed by atoms with Crippen LogP contribution in [0.1, 0.15) is 36.8 Å². The second-order valence-corrected chi connectivity index (χ2v) is 11.4. The Morgan fingerprint density at radius 2 is 1.40 bits per heavy atom. The predicted molar refractivity (Wildman–Crippen MR) is 144 cm³/mol. The SMILES string of the molecule is c1ccc2c(c1)N(c1ccc3[nH]c4ccccc4c3c1)c1ccccc1C21CCC2C3CC3CC21. The molecule has 9 rings (SSSR count). The number of nitrogens with one attached hydrogen (secondary N) is 1. The molecule has 0 saturated heterocycles. The molecule has 0 amide bonds. The summed E-state index contributed by atoms with van der Waals surface area (Å²) in [4.78, 5) is 6.14. The lowest BCUT2D eigenvalue weighted by molar-refractivity contribution is 0.304. The van der Waals surface area contributed by atoms with Gasteiger partial charge in [0.2, 0.25) is 0 Å². The number of rotatable bonds is 1. The first kappa shape index (κ1) is 18.8. The van der Waals surface area contributed by atoms with E-state index in [4.69, 9.17) is 0 Å². The van der Waals surface area contributed by atoms with Crippen LogP contribution in [0.3, 0.4) is 0 Å². The summed E-state index contributed by atoms with van der Waals surface area (Å²) in [7, 11) is 0. The molecule has 5 aromatic rings. The van der Waals surface area contributed by atoms with Crippen LogP contribution in [0.5, 0.6) is 0 Å². The van der Waals surface area contributed by atoms with Crippen LogP contribution in [0.4, 0.5) is 17.1 Å². The van der Waals surface area contributed by atoms with Crippen LogP contribution in [0, 0.1) is 23.7 Å². The van der Waals surface area contributed by atoms with Crippen LogP contribution in [-0.4, -0.2) is 4.98 Å². The van der Waals surface area contributed by atoms with Gasteiger partial charge in [0.25, 0.3) is 0 Å². The molecule has 4 atom stereocenters. The first-order valence-electron chi connectivity index (χ1n) is 13.3. The second kappa shape index (κ2) is 6.37. The minimum atomic E-state index is 0.173. The van der Waals surface area contributed by atoms with Gasteiger partial charge in [0, 0.05) is 32.9 Å². The quantitative estimate of drug-likeness (QED) is 0.270. The molecule has 3 fully saturated rings. The van der Waals surface area contributed by atoms with E-state index in [9.17, 15) is 0 Å². The van der Waals surface area contributed by atoms with Gasteiger partial charge in [-0.3, -0.25) is 0 Å². The van der Waals surface area contributed by atoms with E-state index in [0.29, 0.717) is 0 Å². The third-order valence-corrected chi connectivity index (χ3v) is 10.1.